The van der Waals surface area contributed by atoms with Gasteiger partial charge in [-0.05, 0) is 36.8 Å². The molecule has 148 valence electrons. The lowest BCUT2D eigenvalue weighted by Crippen LogP contribution is -2.49. The predicted molar refractivity (Wildman–Crippen MR) is 106 cm³/mol. The first kappa shape index (κ1) is 19.9. The Bertz CT molecular complexity index is 812. The Labute approximate surface area is 165 Å². The number of aryl methyl sites for hydroxylation is 1. The first-order chi connectivity index (χ1) is 13.5. The Morgan fingerprint density at radius 1 is 1.00 bits per heavy atom. The van der Waals surface area contributed by atoms with Crippen molar-refractivity contribution in [1.82, 2.24) is 9.80 Å². The molecular weight excluding hydrogens is 356 g/mol. The number of esters is 1. The summed E-state index contributed by atoms with van der Waals surface area (Å²) in [7, 11) is 1.34. The molecule has 6 heteroatoms. The lowest BCUT2D eigenvalue weighted by atomic mass is 10.1. The Balaban J connectivity index is 1.43. The monoisotopic (exact) mass is 382 g/mol. The zero-order chi connectivity index (χ0) is 19.9. The fourth-order valence-corrected chi connectivity index (χ4v) is 3.27. The van der Waals surface area contributed by atoms with Gasteiger partial charge in [-0.15, -0.1) is 0 Å². The van der Waals surface area contributed by atoms with Gasteiger partial charge in [0.05, 0.1) is 12.7 Å². The van der Waals surface area contributed by atoms with Gasteiger partial charge >= 0.3 is 5.97 Å². The van der Waals surface area contributed by atoms with Crippen molar-refractivity contribution in [2.24, 2.45) is 0 Å². The maximum atomic E-state index is 12.4. The summed E-state index contributed by atoms with van der Waals surface area (Å²) in [4.78, 5) is 28.0. The van der Waals surface area contributed by atoms with Crippen molar-refractivity contribution in [2.45, 2.75) is 13.5 Å². The summed E-state index contributed by atoms with van der Waals surface area (Å²) in [5.74, 6) is 0.137. The van der Waals surface area contributed by atoms with Crippen molar-refractivity contribution in [1.29, 1.82) is 0 Å². The van der Waals surface area contributed by atoms with Gasteiger partial charge in [0.15, 0.2) is 6.61 Å². The van der Waals surface area contributed by atoms with Crippen LogP contribution in [-0.4, -0.2) is 61.6 Å². The van der Waals surface area contributed by atoms with Gasteiger partial charge < -0.3 is 14.4 Å². The molecule has 1 heterocycles. The number of carbonyl (C=O) groups excluding carboxylic acids is 2. The van der Waals surface area contributed by atoms with Gasteiger partial charge in [0, 0.05) is 32.7 Å². The molecule has 2 aromatic carbocycles. The highest BCUT2D eigenvalue weighted by Crippen LogP contribution is 2.14. The molecule has 0 N–H and O–H groups in total. The lowest BCUT2D eigenvalue weighted by Gasteiger charge is -2.34. The smallest absolute Gasteiger partial charge is 0.337 e. The zero-order valence-corrected chi connectivity index (χ0v) is 16.4. The summed E-state index contributed by atoms with van der Waals surface area (Å²) in [6, 6.07) is 15.1. The number of hydrogen-bond acceptors (Lipinski definition) is 5. The molecule has 2 aromatic rings. The summed E-state index contributed by atoms with van der Waals surface area (Å²) >= 11 is 0. The molecule has 1 saturated heterocycles. The minimum absolute atomic E-state index is 0.00451. The van der Waals surface area contributed by atoms with Crippen LogP contribution in [0.3, 0.4) is 0 Å². The molecule has 0 aliphatic carbocycles. The molecule has 0 bridgehead atoms. The van der Waals surface area contributed by atoms with Crippen LogP contribution in [0.4, 0.5) is 0 Å². The van der Waals surface area contributed by atoms with Gasteiger partial charge in [-0.2, -0.15) is 0 Å². The quantitative estimate of drug-likeness (QED) is 0.719. The number of methoxy groups -OCH3 is 1. The van der Waals surface area contributed by atoms with E-state index in [-0.39, 0.29) is 12.5 Å². The van der Waals surface area contributed by atoms with E-state index in [2.05, 4.69) is 40.8 Å². The summed E-state index contributed by atoms with van der Waals surface area (Å²) < 4.78 is 10.2. The van der Waals surface area contributed by atoms with Gasteiger partial charge in [-0.25, -0.2) is 4.79 Å². The molecule has 1 aliphatic heterocycles. The van der Waals surface area contributed by atoms with Crippen molar-refractivity contribution in [3.05, 3.63) is 65.2 Å². The van der Waals surface area contributed by atoms with Crippen molar-refractivity contribution in [3.63, 3.8) is 0 Å². The topological polar surface area (TPSA) is 59.1 Å². The van der Waals surface area contributed by atoms with Crippen LogP contribution < -0.4 is 4.74 Å². The maximum absolute atomic E-state index is 12.4. The molecule has 0 spiro atoms. The number of hydrogen-bond donors (Lipinski definition) is 0. The molecular formula is C22H26N2O4. The van der Waals surface area contributed by atoms with Crippen molar-refractivity contribution in [2.75, 3.05) is 39.9 Å². The third-order valence-corrected chi connectivity index (χ3v) is 4.85. The summed E-state index contributed by atoms with van der Waals surface area (Å²) in [5.41, 5.74) is 3.02. The molecule has 0 radical (unpaired) electrons. The van der Waals surface area contributed by atoms with E-state index >= 15 is 0 Å². The van der Waals surface area contributed by atoms with E-state index in [0.717, 1.165) is 19.6 Å². The second-order valence-electron chi connectivity index (χ2n) is 6.95. The van der Waals surface area contributed by atoms with Crippen LogP contribution in [0.1, 0.15) is 21.5 Å². The number of nitrogens with zero attached hydrogens (tertiary/aromatic N) is 2. The first-order valence-corrected chi connectivity index (χ1v) is 9.42. The second-order valence-corrected chi connectivity index (χ2v) is 6.95. The summed E-state index contributed by atoms with van der Waals surface area (Å²) in [6.45, 7) is 6.12. The fraction of sp³-hybridized carbons (Fsp3) is 0.364. The van der Waals surface area contributed by atoms with Crippen LogP contribution in [0, 0.1) is 6.92 Å². The van der Waals surface area contributed by atoms with E-state index in [9.17, 15) is 9.59 Å². The summed E-state index contributed by atoms with van der Waals surface area (Å²) in [6.07, 6.45) is 0. The standard InChI is InChI=1S/C22H26N2O4/c1-17-4-3-5-18(14-17)15-23-10-12-24(13-11-23)21(25)16-28-20-8-6-19(7-9-20)22(26)27-2/h3-9,14H,10-13,15-16H2,1-2H3. The highest BCUT2D eigenvalue weighted by Gasteiger charge is 2.21. The Kier molecular flexibility index (Phi) is 6.66. The van der Waals surface area contributed by atoms with Crippen molar-refractivity contribution >= 4 is 11.9 Å². The third kappa shape index (κ3) is 5.33. The minimum Gasteiger partial charge on any atom is -0.484 e. The lowest BCUT2D eigenvalue weighted by molar-refractivity contribution is -0.135. The molecule has 0 saturated carbocycles. The number of piperazine rings is 1. The molecule has 1 aliphatic rings. The molecule has 6 nitrogen and oxygen atoms in total. The van der Waals surface area contributed by atoms with Crippen molar-refractivity contribution in [3.8, 4) is 5.75 Å². The average Bonchev–Trinajstić information content (AvgIpc) is 2.72. The third-order valence-electron chi connectivity index (χ3n) is 4.85. The zero-order valence-electron chi connectivity index (χ0n) is 16.4. The number of carbonyl (C=O) groups is 2. The SMILES string of the molecule is COC(=O)c1ccc(OCC(=O)N2CCN(Cc3cccc(C)c3)CC2)cc1. The maximum Gasteiger partial charge on any atom is 0.337 e. The van der Waals surface area contributed by atoms with Crippen LogP contribution >= 0.6 is 0 Å². The molecule has 0 aromatic heterocycles. The van der Waals surface area contributed by atoms with Crippen molar-refractivity contribution < 1.29 is 19.1 Å². The number of amides is 1. The number of rotatable bonds is 6. The van der Waals surface area contributed by atoms with Gasteiger partial charge in [0.2, 0.25) is 0 Å². The molecule has 1 fully saturated rings. The van der Waals surface area contributed by atoms with Crippen LogP contribution in [-0.2, 0) is 16.1 Å². The Hall–Kier alpha value is -2.86. The normalized spacial score (nSPS) is 14.6. The Morgan fingerprint density at radius 2 is 1.71 bits per heavy atom. The highest BCUT2D eigenvalue weighted by molar-refractivity contribution is 5.89. The van der Waals surface area contributed by atoms with E-state index in [1.54, 1.807) is 24.3 Å². The first-order valence-electron chi connectivity index (χ1n) is 9.42. The fourth-order valence-electron chi connectivity index (χ4n) is 3.27. The van der Waals surface area contributed by atoms with Crippen LogP contribution in [0.25, 0.3) is 0 Å². The number of benzene rings is 2. The molecule has 1 amide bonds. The molecule has 0 unspecified atom stereocenters. The van der Waals surface area contributed by atoms with Gasteiger partial charge in [-0.3, -0.25) is 9.69 Å². The molecule has 3 rings (SSSR count). The Morgan fingerprint density at radius 3 is 2.36 bits per heavy atom. The van der Waals surface area contributed by atoms with E-state index in [1.807, 2.05) is 4.90 Å². The number of ether oxygens (including phenoxy) is 2. The minimum atomic E-state index is -0.397. The van der Waals surface area contributed by atoms with Gasteiger partial charge in [0.1, 0.15) is 5.75 Å². The van der Waals surface area contributed by atoms with Crippen LogP contribution in [0.2, 0.25) is 0 Å². The van der Waals surface area contributed by atoms with Crippen LogP contribution in [0.15, 0.2) is 48.5 Å². The molecule has 0 atom stereocenters. The van der Waals surface area contributed by atoms with E-state index < -0.39 is 5.97 Å². The largest absolute Gasteiger partial charge is 0.484 e. The highest BCUT2D eigenvalue weighted by atomic mass is 16.5. The molecule has 28 heavy (non-hydrogen) atoms. The van der Waals surface area contributed by atoms with Gasteiger partial charge in [0.25, 0.3) is 5.91 Å². The van der Waals surface area contributed by atoms with E-state index in [4.69, 9.17) is 4.74 Å². The van der Waals surface area contributed by atoms with E-state index in [1.165, 1.54) is 18.2 Å². The predicted octanol–water partition coefficient (Wildman–Crippen LogP) is 2.50. The van der Waals surface area contributed by atoms with E-state index in [0.29, 0.717) is 24.4 Å². The van der Waals surface area contributed by atoms with Gasteiger partial charge in [-0.1, -0.05) is 29.8 Å². The summed E-state index contributed by atoms with van der Waals surface area (Å²) in [5, 5.41) is 0. The average molecular weight is 382 g/mol. The van der Waals surface area contributed by atoms with Crippen LogP contribution in [0.5, 0.6) is 5.75 Å². The second kappa shape index (κ2) is 9.37.